The Morgan fingerprint density at radius 2 is 1.45 bits per heavy atom. The van der Waals surface area contributed by atoms with Gasteiger partial charge < -0.3 is 17.2 Å². The van der Waals surface area contributed by atoms with E-state index in [0.29, 0.717) is 0 Å². The van der Waals surface area contributed by atoms with Gasteiger partial charge in [-0.05, 0) is 0 Å². The van der Waals surface area contributed by atoms with Crippen molar-refractivity contribution >= 4 is 14.9 Å². The molecule has 0 unspecified atom stereocenters. The number of hydrogen-bond donors (Lipinski definition) is 7. The van der Waals surface area contributed by atoms with Crippen molar-refractivity contribution in [2.45, 2.75) is 0 Å². The number of rotatable bonds is 0. The van der Waals surface area contributed by atoms with E-state index in [2.05, 4.69) is 4.99 Å². The van der Waals surface area contributed by atoms with Gasteiger partial charge in [-0.1, -0.05) is 9.72 Å². The molecule has 0 aliphatic carbocycles. The minimum absolute atomic E-state index is 0.00787. The summed E-state index contributed by atoms with van der Waals surface area (Å²) in [6, 6.07) is 0. The minimum atomic E-state index is -3.71. The normalized spacial score (nSPS) is 30.8. The summed E-state index contributed by atoms with van der Waals surface area (Å²) in [6.45, 7) is 0. The Hall–Kier alpha value is -0.960. The van der Waals surface area contributed by atoms with Crippen LogP contribution in [0, 0.1) is 0 Å². The predicted molar refractivity (Wildman–Crippen MR) is 48.6 cm³/mol. The van der Waals surface area contributed by atoms with Gasteiger partial charge in [-0.25, -0.2) is 4.99 Å². The third-order valence-electron chi connectivity index (χ3n) is 1.55. The molecular weight excluding hydrogens is 166 g/mol. The van der Waals surface area contributed by atoms with Gasteiger partial charge in [-0.2, -0.15) is 0 Å². The van der Waals surface area contributed by atoms with Crippen LogP contribution in [-0.2, 0) is 0 Å². The Balaban J connectivity index is 3.33. The highest BCUT2D eigenvalue weighted by atomic mass is 32.3. The number of hydrogen-bond acceptors (Lipinski definition) is 7. The summed E-state index contributed by atoms with van der Waals surface area (Å²) in [5.74, 6) is 0.0210. The lowest BCUT2D eigenvalue weighted by Gasteiger charge is -2.47. The second-order valence-corrected chi connectivity index (χ2v) is 6.18. The summed E-state index contributed by atoms with van der Waals surface area (Å²) in [6.07, 6.45) is 0. The fourth-order valence-electron chi connectivity index (χ4n) is 0.671. The first-order valence-electron chi connectivity index (χ1n) is 2.79. The predicted octanol–water partition coefficient (Wildman–Crippen LogP) is -2.95. The zero-order valence-corrected chi connectivity index (χ0v) is 6.75. The highest BCUT2D eigenvalue weighted by Gasteiger charge is 2.39. The SMILES string of the molecule is NC1=NC(N)=C(N)[SH]1(N)(N)N. The maximum Gasteiger partial charge on any atom is 0.165 e. The van der Waals surface area contributed by atoms with Crippen molar-refractivity contribution in [2.75, 3.05) is 0 Å². The molecule has 0 saturated heterocycles. The van der Waals surface area contributed by atoms with Gasteiger partial charge in [-0.15, -0.1) is 0 Å². The van der Waals surface area contributed by atoms with Crippen LogP contribution in [0.2, 0.25) is 0 Å². The van der Waals surface area contributed by atoms with Gasteiger partial charge in [0.2, 0.25) is 0 Å². The van der Waals surface area contributed by atoms with E-state index in [1.165, 1.54) is 0 Å². The molecule has 7 nitrogen and oxygen atoms in total. The number of thiol groups is 1. The molecule has 11 heavy (non-hydrogen) atoms. The van der Waals surface area contributed by atoms with Gasteiger partial charge in [0.05, 0.1) is 0 Å². The van der Waals surface area contributed by atoms with Gasteiger partial charge in [0.1, 0.15) is 5.03 Å². The molecule has 0 bridgehead atoms. The van der Waals surface area contributed by atoms with E-state index in [9.17, 15) is 0 Å². The molecule has 0 atom stereocenters. The van der Waals surface area contributed by atoms with E-state index in [4.69, 9.17) is 32.6 Å². The molecule has 0 spiro atoms. The Bertz CT molecular complexity index is 267. The largest absolute Gasteiger partial charge is 0.390 e. The molecule has 0 aromatic rings. The average molecular weight is 179 g/mol. The molecule has 0 aromatic heterocycles. The molecule has 1 aliphatic rings. The molecule has 0 saturated carbocycles. The first-order chi connectivity index (χ1) is 4.74. The Morgan fingerprint density at radius 3 is 1.55 bits per heavy atom. The quantitative estimate of drug-likeness (QED) is 0.196. The Labute approximate surface area is 64.1 Å². The average Bonchev–Trinajstić information content (AvgIpc) is 1.94. The van der Waals surface area contributed by atoms with E-state index in [1.54, 1.807) is 0 Å². The lowest BCUT2D eigenvalue weighted by Crippen LogP contribution is -2.54. The summed E-state index contributed by atoms with van der Waals surface area (Å²) >= 11 is 0. The van der Waals surface area contributed by atoms with Crippen LogP contribution < -0.4 is 32.6 Å². The lowest BCUT2D eigenvalue weighted by molar-refractivity contribution is 1.21. The number of nitrogens with zero attached hydrogens (tertiary/aromatic N) is 1. The van der Waals surface area contributed by atoms with Crippen LogP contribution in [0.25, 0.3) is 0 Å². The first-order valence-corrected chi connectivity index (χ1v) is 5.23. The molecule has 0 aromatic carbocycles. The third kappa shape index (κ3) is 0.844. The molecule has 1 heterocycles. The van der Waals surface area contributed by atoms with Gasteiger partial charge in [0.25, 0.3) is 0 Å². The molecular formula is C3H13N7S. The number of amidine groups is 1. The fraction of sp³-hybridized carbons (Fsp3) is 0. The van der Waals surface area contributed by atoms with E-state index in [0.717, 1.165) is 0 Å². The second kappa shape index (κ2) is 1.61. The molecule has 0 amide bonds. The van der Waals surface area contributed by atoms with E-state index in [-0.39, 0.29) is 16.0 Å². The topological polar surface area (TPSA) is 168 Å². The maximum absolute atomic E-state index is 5.57. The standard InChI is InChI=1S/C3H13N7S/c4-1-2(5)11(7,8,9)3(6)10-1/h11H,4-5,7-9H2,(H2,6,10). The van der Waals surface area contributed by atoms with Crippen LogP contribution in [0.4, 0.5) is 0 Å². The van der Waals surface area contributed by atoms with Crippen LogP contribution >= 0.6 is 9.72 Å². The molecule has 66 valence electrons. The number of aliphatic imine (C=N–C) groups is 1. The zero-order valence-electron chi connectivity index (χ0n) is 5.86. The van der Waals surface area contributed by atoms with Crippen molar-refractivity contribution in [2.24, 2.45) is 37.6 Å². The molecule has 1 aliphatic heterocycles. The smallest absolute Gasteiger partial charge is 0.165 e. The molecule has 0 radical (unpaired) electrons. The van der Waals surface area contributed by atoms with Gasteiger partial charge >= 0.3 is 0 Å². The monoisotopic (exact) mass is 179 g/mol. The second-order valence-electron chi connectivity index (χ2n) is 2.57. The Kier molecular flexibility index (Phi) is 1.19. The van der Waals surface area contributed by atoms with Crippen molar-refractivity contribution < 1.29 is 0 Å². The van der Waals surface area contributed by atoms with Crippen molar-refractivity contribution in [3.63, 3.8) is 0 Å². The van der Waals surface area contributed by atoms with E-state index in [1.807, 2.05) is 0 Å². The summed E-state index contributed by atoms with van der Waals surface area (Å²) in [5, 5.41) is 16.6. The van der Waals surface area contributed by atoms with Gasteiger partial charge in [0.15, 0.2) is 11.0 Å². The fourth-order valence-corrected chi connectivity index (χ4v) is 1.81. The van der Waals surface area contributed by atoms with Gasteiger partial charge in [0, 0.05) is 0 Å². The van der Waals surface area contributed by atoms with E-state index < -0.39 is 9.72 Å². The lowest BCUT2D eigenvalue weighted by atomic mass is 10.8. The number of nitrogens with two attached hydrogens (primary N) is 6. The summed E-state index contributed by atoms with van der Waals surface area (Å²) in [5.41, 5.74) is 16.1. The van der Waals surface area contributed by atoms with Crippen molar-refractivity contribution in [3.8, 4) is 0 Å². The summed E-state index contributed by atoms with van der Waals surface area (Å²) in [4.78, 5) is 3.60. The minimum Gasteiger partial charge on any atom is -0.390 e. The maximum atomic E-state index is 5.57. The van der Waals surface area contributed by atoms with Crippen molar-refractivity contribution in [1.82, 2.24) is 0 Å². The highest BCUT2D eigenvalue weighted by Crippen LogP contribution is 2.55. The van der Waals surface area contributed by atoms with Crippen molar-refractivity contribution in [3.05, 3.63) is 10.9 Å². The molecule has 8 heteroatoms. The third-order valence-corrected chi connectivity index (χ3v) is 3.97. The zero-order chi connectivity index (χ0) is 8.89. The van der Waals surface area contributed by atoms with E-state index >= 15 is 0 Å². The summed E-state index contributed by atoms with van der Waals surface area (Å²) in [7, 11) is -3.71. The molecule has 1 rings (SSSR count). The van der Waals surface area contributed by atoms with Crippen LogP contribution in [0.1, 0.15) is 0 Å². The summed E-state index contributed by atoms with van der Waals surface area (Å²) < 4.78 is 0. The Morgan fingerprint density at radius 1 is 1.00 bits per heavy atom. The van der Waals surface area contributed by atoms with Crippen LogP contribution in [-0.4, -0.2) is 5.17 Å². The molecule has 12 N–H and O–H groups in total. The van der Waals surface area contributed by atoms with Crippen LogP contribution in [0.15, 0.2) is 15.8 Å². The van der Waals surface area contributed by atoms with Gasteiger partial charge in [-0.3, -0.25) is 15.4 Å². The molecule has 0 fully saturated rings. The highest BCUT2D eigenvalue weighted by molar-refractivity contribution is 8.58. The first kappa shape index (κ1) is 8.14. The van der Waals surface area contributed by atoms with Crippen molar-refractivity contribution in [1.29, 1.82) is 0 Å². The van der Waals surface area contributed by atoms with Crippen LogP contribution in [0.5, 0.6) is 0 Å². The van der Waals surface area contributed by atoms with Crippen LogP contribution in [0.3, 0.4) is 0 Å².